The second kappa shape index (κ2) is 9.83. The minimum absolute atomic E-state index is 0.0395. The lowest BCUT2D eigenvalue weighted by atomic mass is 9.94. The standard InChI is InChI=1S/C24H28ClN3O4S/c1-17(29)28-13-10-19-15-21(6-7-23(19)28)33(31,32)27-11-8-18(9-12-27)14-24(30)26-16-20-4-2-3-5-22(20)25/h2-7,15,18H,8-14,16H2,1H3,(H,26,30). The minimum atomic E-state index is -3.61. The van der Waals surface area contributed by atoms with E-state index in [2.05, 4.69) is 5.32 Å². The first-order chi connectivity index (χ1) is 15.8. The van der Waals surface area contributed by atoms with E-state index in [0.29, 0.717) is 56.9 Å². The normalized spacial score (nSPS) is 17.1. The molecule has 2 aromatic rings. The van der Waals surface area contributed by atoms with Crippen molar-refractivity contribution in [2.75, 3.05) is 24.5 Å². The van der Waals surface area contributed by atoms with Crippen molar-refractivity contribution in [3.05, 3.63) is 58.6 Å². The van der Waals surface area contributed by atoms with Gasteiger partial charge in [0.25, 0.3) is 0 Å². The number of rotatable bonds is 6. The second-order valence-corrected chi connectivity index (χ2v) is 11.0. The first kappa shape index (κ1) is 23.7. The molecule has 2 aromatic carbocycles. The Morgan fingerprint density at radius 3 is 2.52 bits per heavy atom. The zero-order valence-electron chi connectivity index (χ0n) is 18.6. The van der Waals surface area contributed by atoms with E-state index in [9.17, 15) is 18.0 Å². The van der Waals surface area contributed by atoms with Crippen LogP contribution in [0.3, 0.4) is 0 Å². The van der Waals surface area contributed by atoms with Crippen molar-refractivity contribution in [3.8, 4) is 0 Å². The van der Waals surface area contributed by atoms with Crippen LogP contribution < -0.4 is 10.2 Å². The maximum Gasteiger partial charge on any atom is 0.243 e. The van der Waals surface area contributed by atoms with Crippen LogP contribution in [0, 0.1) is 5.92 Å². The molecular weight excluding hydrogens is 462 g/mol. The number of fused-ring (bicyclic) bond motifs is 1. The van der Waals surface area contributed by atoms with Crippen molar-refractivity contribution in [2.45, 2.75) is 44.0 Å². The van der Waals surface area contributed by atoms with E-state index in [1.807, 2.05) is 18.2 Å². The lowest BCUT2D eigenvalue weighted by Crippen LogP contribution is -2.39. The number of amides is 2. The van der Waals surface area contributed by atoms with Crippen LogP contribution in [0.5, 0.6) is 0 Å². The number of nitrogens with zero attached hydrogens (tertiary/aromatic N) is 2. The van der Waals surface area contributed by atoms with Gasteiger partial charge in [0.15, 0.2) is 0 Å². The maximum atomic E-state index is 13.2. The molecule has 2 aliphatic heterocycles. The van der Waals surface area contributed by atoms with E-state index in [1.54, 1.807) is 29.2 Å². The van der Waals surface area contributed by atoms with Crippen LogP contribution in [-0.4, -0.2) is 44.2 Å². The van der Waals surface area contributed by atoms with Crippen LogP contribution in [0.1, 0.15) is 37.3 Å². The Kier molecular flexibility index (Phi) is 7.07. The Morgan fingerprint density at radius 2 is 1.82 bits per heavy atom. The number of hydrogen-bond donors (Lipinski definition) is 1. The molecule has 0 aromatic heterocycles. The van der Waals surface area contributed by atoms with Crippen molar-refractivity contribution in [1.82, 2.24) is 9.62 Å². The number of anilines is 1. The summed E-state index contributed by atoms with van der Waals surface area (Å²) in [6.45, 7) is 3.26. The predicted octanol–water partition coefficient (Wildman–Crippen LogP) is 3.36. The highest BCUT2D eigenvalue weighted by Crippen LogP contribution is 2.32. The molecule has 9 heteroatoms. The number of halogens is 1. The SMILES string of the molecule is CC(=O)N1CCc2cc(S(=O)(=O)N3CCC(CC(=O)NCc4ccccc4Cl)CC3)ccc21. The molecule has 1 fully saturated rings. The number of hydrogen-bond acceptors (Lipinski definition) is 4. The third kappa shape index (κ3) is 5.23. The number of carbonyl (C=O) groups is 2. The quantitative estimate of drug-likeness (QED) is 0.674. The van der Waals surface area contributed by atoms with Gasteiger partial charge < -0.3 is 10.2 Å². The summed E-state index contributed by atoms with van der Waals surface area (Å²) in [6, 6.07) is 12.4. The van der Waals surface area contributed by atoms with E-state index in [-0.39, 0.29) is 22.6 Å². The van der Waals surface area contributed by atoms with Crippen LogP contribution in [0.15, 0.2) is 47.4 Å². The van der Waals surface area contributed by atoms with Crippen molar-refractivity contribution in [1.29, 1.82) is 0 Å². The van der Waals surface area contributed by atoms with Gasteiger partial charge >= 0.3 is 0 Å². The summed E-state index contributed by atoms with van der Waals surface area (Å²) in [5.74, 6) is 0.0547. The molecule has 0 aliphatic carbocycles. The number of carbonyl (C=O) groups excluding carboxylic acids is 2. The van der Waals surface area contributed by atoms with E-state index < -0.39 is 10.0 Å². The largest absolute Gasteiger partial charge is 0.352 e. The summed E-state index contributed by atoms with van der Waals surface area (Å²) >= 11 is 6.13. The monoisotopic (exact) mass is 489 g/mol. The summed E-state index contributed by atoms with van der Waals surface area (Å²) < 4.78 is 27.9. The molecule has 2 amide bonds. The first-order valence-corrected chi connectivity index (χ1v) is 13.0. The van der Waals surface area contributed by atoms with Gasteiger partial charge in [-0.15, -0.1) is 0 Å². The van der Waals surface area contributed by atoms with Gasteiger partial charge in [0, 0.05) is 50.2 Å². The van der Waals surface area contributed by atoms with E-state index in [4.69, 9.17) is 11.6 Å². The fourth-order valence-electron chi connectivity index (χ4n) is 4.54. The molecular formula is C24H28ClN3O4S. The lowest BCUT2D eigenvalue weighted by molar-refractivity contribution is -0.122. The van der Waals surface area contributed by atoms with Gasteiger partial charge in [-0.2, -0.15) is 4.31 Å². The summed E-state index contributed by atoms with van der Waals surface area (Å²) in [5, 5.41) is 3.53. The number of nitrogens with one attached hydrogen (secondary N) is 1. The highest BCUT2D eigenvalue weighted by molar-refractivity contribution is 7.89. The van der Waals surface area contributed by atoms with E-state index in [1.165, 1.54) is 11.2 Å². The molecule has 4 rings (SSSR count). The molecule has 2 aliphatic rings. The smallest absolute Gasteiger partial charge is 0.243 e. The fourth-order valence-corrected chi connectivity index (χ4v) is 6.26. The lowest BCUT2D eigenvalue weighted by Gasteiger charge is -2.31. The van der Waals surface area contributed by atoms with Gasteiger partial charge in [-0.3, -0.25) is 9.59 Å². The number of sulfonamides is 1. The molecule has 2 heterocycles. The summed E-state index contributed by atoms with van der Waals surface area (Å²) in [7, 11) is -3.61. The number of piperidine rings is 1. The van der Waals surface area contributed by atoms with Crippen LogP contribution >= 0.6 is 11.6 Å². The van der Waals surface area contributed by atoms with Gasteiger partial charge in [-0.05, 0) is 60.6 Å². The van der Waals surface area contributed by atoms with Gasteiger partial charge in [-0.1, -0.05) is 29.8 Å². The average Bonchev–Trinajstić information content (AvgIpc) is 3.23. The topological polar surface area (TPSA) is 86.8 Å². The second-order valence-electron chi connectivity index (χ2n) is 8.63. The third-order valence-electron chi connectivity index (χ3n) is 6.45. The summed E-state index contributed by atoms with van der Waals surface area (Å²) in [6.07, 6.45) is 2.31. The van der Waals surface area contributed by atoms with Crippen LogP contribution in [0.25, 0.3) is 0 Å². The molecule has 0 saturated carbocycles. The van der Waals surface area contributed by atoms with Gasteiger partial charge in [0.2, 0.25) is 21.8 Å². The highest BCUT2D eigenvalue weighted by atomic mass is 35.5. The molecule has 0 spiro atoms. The Labute approximate surface area is 199 Å². The molecule has 0 atom stereocenters. The van der Waals surface area contributed by atoms with Crippen molar-refractivity contribution in [3.63, 3.8) is 0 Å². The van der Waals surface area contributed by atoms with Gasteiger partial charge in [0.05, 0.1) is 4.90 Å². The Hall–Kier alpha value is -2.42. The third-order valence-corrected chi connectivity index (χ3v) is 8.71. The predicted molar refractivity (Wildman–Crippen MR) is 128 cm³/mol. The molecule has 1 saturated heterocycles. The average molecular weight is 490 g/mol. The zero-order valence-corrected chi connectivity index (χ0v) is 20.2. The molecule has 0 bridgehead atoms. The van der Waals surface area contributed by atoms with E-state index >= 15 is 0 Å². The fraction of sp³-hybridized carbons (Fsp3) is 0.417. The Bertz CT molecular complexity index is 1160. The van der Waals surface area contributed by atoms with Crippen LogP contribution in [0.2, 0.25) is 5.02 Å². The summed E-state index contributed by atoms with van der Waals surface area (Å²) in [4.78, 5) is 26.0. The van der Waals surface area contributed by atoms with Crippen LogP contribution in [-0.2, 0) is 32.6 Å². The van der Waals surface area contributed by atoms with Crippen molar-refractivity contribution in [2.24, 2.45) is 5.92 Å². The molecule has 0 radical (unpaired) electrons. The van der Waals surface area contributed by atoms with Crippen molar-refractivity contribution < 1.29 is 18.0 Å². The molecule has 1 N–H and O–H groups in total. The first-order valence-electron chi connectivity index (χ1n) is 11.2. The zero-order chi connectivity index (χ0) is 23.6. The molecule has 176 valence electrons. The Balaban J connectivity index is 1.31. The van der Waals surface area contributed by atoms with E-state index in [0.717, 1.165) is 16.8 Å². The molecule has 33 heavy (non-hydrogen) atoms. The molecule has 0 unspecified atom stereocenters. The van der Waals surface area contributed by atoms with Gasteiger partial charge in [-0.25, -0.2) is 8.42 Å². The summed E-state index contributed by atoms with van der Waals surface area (Å²) in [5.41, 5.74) is 2.55. The highest BCUT2D eigenvalue weighted by Gasteiger charge is 2.32. The molecule has 7 nitrogen and oxygen atoms in total. The number of benzene rings is 2. The Morgan fingerprint density at radius 1 is 1.09 bits per heavy atom. The van der Waals surface area contributed by atoms with Crippen molar-refractivity contribution >= 4 is 39.1 Å². The maximum absolute atomic E-state index is 13.2. The minimum Gasteiger partial charge on any atom is -0.352 e. The van der Waals surface area contributed by atoms with Gasteiger partial charge in [0.1, 0.15) is 0 Å². The van der Waals surface area contributed by atoms with Crippen LogP contribution in [0.4, 0.5) is 5.69 Å².